The third kappa shape index (κ3) is 5.54. The van der Waals surface area contributed by atoms with E-state index in [1.807, 2.05) is 0 Å². The van der Waals surface area contributed by atoms with Gasteiger partial charge in [0, 0.05) is 48.7 Å². The molecule has 0 radical (unpaired) electrons. The second kappa shape index (κ2) is 11.4. The molecule has 0 bridgehead atoms. The first-order chi connectivity index (χ1) is 21.3. The van der Waals surface area contributed by atoms with E-state index < -0.39 is 39.2 Å². The normalized spacial score (nSPS) is 18.8. The molecule has 0 saturated carbocycles. The van der Waals surface area contributed by atoms with Crippen LogP contribution in [0.5, 0.6) is 0 Å². The highest BCUT2D eigenvalue weighted by Gasteiger charge is 2.52. The van der Waals surface area contributed by atoms with Crippen molar-refractivity contribution in [2.75, 3.05) is 31.1 Å². The second-order valence-corrected chi connectivity index (χ2v) is 13.7. The van der Waals surface area contributed by atoms with Gasteiger partial charge in [0.1, 0.15) is 17.2 Å². The zero-order valence-corrected chi connectivity index (χ0v) is 26.0. The molecule has 0 spiro atoms. The summed E-state index contributed by atoms with van der Waals surface area (Å²) in [5, 5.41) is 9.58. The quantitative estimate of drug-likeness (QED) is 0.278. The van der Waals surface area contributed by atoms with Crippen LogP contribution in [0, 0.1) is 11.6 Å². The minimum absolute atomic E-state index is 0.0134. The Kier molecular flexibility index (Phi) is 7.84. The van der Waals surface area contributed by atoms with Gasteiger partial charge in [-0.15, -0.1) is 0 Å². The predicted octanol–water partition coefficient (Wildman–Crippen LogP) is 5.76. The Balaban J connectivity index is 1.42. The van der Waals surface area contributed by atoms with Gasteiger partial charge in [-0.25, -0.2) is 31.9 Å². The van der Waals surface area contributed by atoms with Crippen LogP contribution in [0.1, 0.15) is 12.5 Å². The average molecular weight is 677 g/mol. The zero-order valence-electron chi connectivity index (χ0n) is 23.6. The van der Waals surface area contributed by atoms with Gasteiger partial charge < -0.3 is 10.0 Å². The molecule has 1 aromatic heterocycles. The third-order valence-corrected chi connectivity index (χ3v) is 10.3. The molecule has 2 amide bonds. The Labute approximate surface area is 267 Å². The van der Waals surface area contributed by atoms with Crippen LogP contribution >= 0.6 is 23.2 Å². The van der Waals surface area contributed by atoms with Crippen LogP contribution in [0.2, 0.25) is 10.0 Å². The predicted molar refractivity (Wildman–Crippen MR) is 163 cm³/mol. The first kappa shape index (κ1) is 31.0. The lowest BCUT2D eigenvalue weighted by Gasteiger charge is -2.33. The number of carbonyl (C=O) groups excluding carboxylic acids is 1. The second-order valence-electron chi connectivity index (χ2n) is 11.0. The van der Waals surface area contributed by atoms with Crippen molar-refractivity contribution in [1.82, 2.24) is 18.8 Å². The summed E-state index contributed by atoms with van der Waals surface area (Å²) in [5.74, 6) is -1.89. The number of carboxylic acid groups (broad SMARTS) is 1. The topological polar surface area (TPSA) is 116 Å². The van der Waals surface area contributed by atoms with E-state index in [9.17, 15) is 31.9 Å². The summed E-state index contributed by atoms with van der Waals surface area (Å²) in [5.41, 5.74) is 0.284. The molecule has 6 rings (SSSR count). The van der Waals surface area contributed by atoms with Crippen molar-refractivity contribution in [3.05, 3.63) is 94.1 Å². The SMILES string of the molecule is C[C@@]1(Cc2ccc(-c3cc(F)cc(F)c3)cc2)C(=O)N(c2cc(Cl)cc(Cl)c2)c2ncc(S(=O)(=O)N3CCN(C(=O)O)CC3)n21. The number of rotatable bonds is 6. The first-order valence-corrected chi connectivity index (χ1v) is 15.9. The van der Waals surface area contributed by atoms with Crippen molar-refractivity contribution in [3.63, 3.8) is 0 Å². The zero-order chi connectivity index (χ0) is 32.3. The minimum Gasteiger partial charge on any atom is -0.465 e. The Hall–Kier alpha value is -4.04. The maximum Gasteiger partial charge on any atom is 0.407 e. The van der Waals surface area contributed by atoms with Crippen molar-refractivity contribution in [1.29, 1.82) is 0 Å². The molecule has 10 nitrogen and oxygen atoms in total. The van der Waals surface area contributed by atoms with Crippen molar-refractivity contribution in [3.8, 4) is 11.1 Å². The van der Waals surface area contributed by atoms with E-state index in [1.165, 1.54) is 50.3 Å². The van der Waals surface area contributed by atoms with Gasteiger partial charge in [0.05, 0.1) is 11.9 Å². The molecule has 2 aliphatic rings. The highest BCUT2D eigenvalue weighted by Crippen LogP contribution is 2.45. The largest absolute Gasteiger partial charge is 0.465 e. The number of anilines is 2. The maximum absolute atomic E-state index is 14.3. The van der Waals surface area contributed by atoms with Gasteiger partial charge in [0.25, 0.3) is 15.9 Å². The number of sulfonamides is 1. The van der Waals surface area contributed by atoms with E-state index in [-0.39, 0.29) is 59.3 Å². The fraction of sp³-hybridized carbons (Fsp3) is 0.233. The number of carbonyl (C=O) groups is 2. The molecule has 45 heavy (non-hydrogen) atoms. The monoisotopic (exact) mass is 675 g/mol. The molecule has 1 N–H and O–H groups in total. The van der Waals surface area contributed by atoms with E-state index in [1.54, 1.807) is 31.2 Å². The lowest BCUT2D eigenvalue weighted by atomic mass is 9.91. The van der Waals surface area contributed by atoms with E-state index in [4.69, 9.17) is 23.2 Å². The molecule has 234 valence electrons. The van der Waals surface area contributed by atoms with E-state index in [0.29, 0.717) is 16.7 Å². The summed E-state index contributed by atoms with van der Waals surface area (Å²) in [6.45, 7) is 1.43. The van der Waals surface area contributed by atoms with Crippen LogP contribution < -0.4 is 4.90 Å². The standard InChI is InChI=1S/C30H25Cl2F2N5O5S/c1-30(16-18-2-4-19(5-3-18)20-10-23(33)15-24(34)11-20)27(40)38(25-13-21(31)12-22(32)14-25)28-35-17-26(39(28)30)45(43,44)37-8-6-36(7-9-37)29(41)42/h2-5,10-15,17H,6-9,16H2,1H3,(H,41,42)/t30-/m1/s1. The molecule has 15 heteroatoms. The molecule has 3 heterocycles. The Morgan fingerprint density at radius 2 is 1.53 bits per heavy atom. The van der Waals surface area contributed by atoms with E-state index in [2.05, 4.69) is 4.98 Å². The molecule has 1 saturated heterocycles. The van der Waals surface area contributed by atoms with Gasteiger partial charge in [-0.05, 0) is 53.9 Å². The van der Waals surface area contributed by atoms with Gasteiger partial charge in [-0.2, -0.15) is 4.31 Å². The molecule has 1 fully saturated rings. The number of amides is 2. The molecule has 0 aliphatic carbocycles. The summed E-state index contributed by atoms with van der Waals surface area (Å²) in [7, 11) is -4.24. The number of aromatic nitrogens is 2. The summed E-state index contributed by atoms with van der Waals surface area (Å²) >= 11 is 12.5. The first-order valence-electron chi connectivity index (χ1n) is 13.7. The van der Waals surface area contributed by atoms with E-state index >= 15 is 0 Å². The Bertz CT molecular complexity index is 1910. The number of hydrogen-bond donors (Lipinski definition) is 1. The van der Waals surface area contributed by atoms with Crippen molar-refractivity contribution >= 4 is 56.9 Å². The molecule has 3 aromatic carbocycles. The molecule has 2 aliphatic heterocycles. The maximum atomic E-state index is 14.3. The van der Waals surface area contributed by atoms with Gasteiger partial charge in [-0.1, -0.05) is 47.5 Å². The van der Waals surface area contributed by atoms with Crippen LogP contribution in [-0.2, 0) is 26.8 Å². The number of nitrogens with zero attached hydrogens (tertiary/aromatic N) is 5. The lowest BCUT2D eigenvalue weighted by Crippen LogP contribution is -2.51. The smallest absolute Gasteiger partial charge is 0.407 e. The van der Waals surface area contributed by atoms with E-state index in [0.717, 1.165) is 11.0 Å². The number of fused-ring (bicyclic) bond motifs is 1. The summed E-state index contributed by atoms with van der Waals surface area (Å²) in [6.07, 6.45) is 0.0621. The number of benzene rings is 3. The van der Waals surface area contributed by atoms with Crippen LogP contribution in [0.15, 0.2) is 71.9 Å². The van der Waals surface area contributed by atoms with Crippen molar-refractivity contribution in [2.45, 2.75) is 23.9 Å². The average Bonchev–Trinajstić information content (AvgIpc) is 3.50. The van der Waals surface area contributed by atoms with Crippen LogP contribution in [0.25, 0.3) is 11.1 Å². The highest BCUT2D eigenvalue weighted by molar-refractivity contribution is 7.89. The fourth-order valence-electron chi connectivity index (χ4n) is 5.80. The number of halogens is 4. The van der Waals surface area contributed by atoms with Crippen LogP contribution in [0.3, 0.4) is 0 Å². The minimum atomic E-state index is -4.24. The van der Waals surface area contributed by atoms with Gasteiger partial charge in [0.15, 0.2) is 5.03 Å². The third-order valence-electron chi connectivity index (χ3n) is 7.99. The number of hydrogen-bond acceptors (Lipinski definition) is 5. The van der Waals surface area contributed by atoms with Crippen molar-refractivity contribution < 1.29 is 31.9 Å². The molecule has 4 aromatic rings. The number of imidazole rings is 1. The molecule has 1 atom stereocenters. The van der Waals surface area contributed by atoms with Gasteiger partial charge >= 0.3 is 6.09 Å². The fourth-order valence-corrected chi connectivity index (χ4v) is 7.92. The summed E-state index contributed by atoms with van der Waals surface area (Å²) in [4.78, 5) is 32.5. The molecular formula is C30H25Cl2F2N5O5S. The number of piperazine rings is 1. The van der Waals surface area contributed by atoms with Crippen LogP contribution in [-0.4, -0.2) is 70.5 Å². The Morgan fingerprint density at radius 3 is 2.11 bits per heavy atom. The summed E-state index contributed by atoms with van der Waals surface area (Å²) < 4.78 is 58.2. The van der Waals surface area contributed by atoms with Gasteiger partial charge in [-0.3, -0.25) is 9.36 Å². The molecule has 0 unspecified atom stereocenters. The highest BCUT2D eigenvalue weighted by atomic mass is 35.5. The van der Waals surface area contributed by atoms with Crippen LogP contribution in [0.4, 0.5) is 25.2 Å². The van der Waals surface area contributed by atoms with Gasteiger partial charge in [0.2, 0.25) is 5.95 Å². The molecular weight excluding hydrogens is 651 g/mol. The summed E-state index contributed by atoms with van der Waals surface area (Å²) in [6, 6.07) is 14.4. The van der Waals surface area contributed by atoms with Crippen molar-refractivity contribution in [2.24, 2.45) is 0 Å². The lowest BCUT2D eigenvalue weighted by molar-refractivity contribution is -0.124. The Morgan fingerprint density at radius 1 is 0.933 bits per heavy atom.